The molecule has 1 aromatic heterocycles. The van der Waals surface area contributed by atoms with Crippen LogP contribution in [-0.4, -0.2) is 42.2 Å². The molecule has 1 unspecified atom stereocenters. The molecule has 1 aromatic rings. The number of anilines is 1. The number of rotatable bonds is 3. The lowest BCUT2D eigenvalue weighted by atomic mass is 10.1. The van der Waals surface area contributed by atoms with E-state index >= 15 is 0 Å². The van der Waals surface area contributed by atoms with E-state index in [1.165, 1.54) is 0 Å². The van der Waals surface area contributed by atoms with E-state index in [0.29, 0.717) is 5.88 Å². The number of morpholine rings is 1. The van der Waals surface area contributed by atoms with Crippen molar-refractivity contribution in [2.24, 2.45) is 0 Å². The number of halogens is 1. The first-order chi connectivity index (χ1) is 8.54. The van der Waals surface area contributed by atoms with E-state index in [1.54, 1.807) is 7.11 Å². The fourth-order valence-corrected chi connectivity index (χ4v) is 2.58. The zero-order chi connectivity index (χ0) is 13.2. The predicted octanol–water partition coefficient (Wildman–Crippen LogP) is 2.47. The summed E-state index contributed by atoms with van der Waals surface area (Å²) in [5.74, 6) is 1.59. The van der Waals surface area contributed by atoms with E-state index in [2.05, 4.69) is 39.7 Å². The van der Waals surface area contributed by atoms with E-state index in [0.717, 1.165) is 24.2 Å². The lowest BCUT2D eigenvalue weighted by molar-refractivity contribution is -0.0726. The number of pyridine rings is 1. The van der Waals surface area contributed by atoms with Crippen molar-refractivity contribution in [3.8, 4) is 5.88 Å². The molecule has 1 aliphatic heterocycles. The van der Waals surface area contributed by atoms with Crippen molar-refractivity contribution >= 4 is 21.7 Å². The first kappa shape index (κ1) is 13.6. The molecule has 0 aromatic carbocycles. The Labute approximate surface area is 116 Å². The number of ether oxygens (including phenoxy) is 2. The molecule has 2 rings (SSSR count). The standard InChI is InChI=1S/C13H19BrN2O2/c1-13(2)9-16(8-10(7-14)18-13)11-5-4-6-12(15-11)17-3/h4-6,10H,7-9H2,1-3H3. The molecule has 4 nitrogen and oxygen atoms in total. The van der Waals surface area contributed by atoms with Crippen LogP contribution < -0.4 is 9.64 Å². The van der Waals surface area contributed by atoms with Gasteiger partial charge in [-0.3, -0.25) is 0 Å². The van der Waals surface area contributed by atoms with E-state index in [9.17, 15) is 0 Å². The Bertz CT molecular complexity index is 412. The molecule has 2 heterocycles. The van der Waals surface area contributed by atoms with Crippen molar-refractivity contribution in [2.75, 3.05) is 30.4 Å². The summed E-state index contributed by atoms with van der Waals surface area (Å²) in [4.78, 5) is 6.73. The predicted molar refractivity (Wildman–Crippen MR) is 75.7 cm³/mol. The second-order valence-electron chi connectivity index (χ2n) is 5.07. The maximum absolute atomic E-state index is 5.98. The van der Waals surface area contributed by atoms with Crippen molar-refractivity contribution in [3.63, 3.8) is 0 Å². The molecule has 0 radical (unpaired) electrons. The van der Waals surface area contributed by atoms with E-state index < -0.39 is 0 Å². The highest BCUT2D eigenvalue weighted by Gasteiger charge is 2.33. The highest BCUT2D eigenvalue weighted by Crippen LogP contribution is 2.26. The van der Waals surface area contributed by atoms with Gasteiger partial charge in [-0.25, -0.2) is 0 Å². The van der Waals surface area contributed by atoms with Crippen molar-refractivity contribution in [1.29, 1.82) is 0 Å². The molecule has 0 saturated carbocycles. The molecule has 0 amide bonds. The van der Waals surface area contributed by atoms with Crippen LogP contribution in [0.3, 0.4) is 0 Å². The van der Waals surface area contributed by atoms with Crippen LogP contribution in [0.15, 0.2) is 18.2 Å². The minimum atomic E-state index is -0.165. The van der Waals surface area contributed by atoms with Gasteiger partial charge in [0.25, 0.3) is 0 Å². The molecule has 1 aliphatic rings. The average molecular weight is 315 g/mol. The molecule has 0 N–H and O–H groups in total. The quantitative estimate of drug-likeness (QED) is 0.803. The Hall–Kier alpha value is -0.810. The van der Waals surface area contributed by atoms with Crippen LogP contribution in [0.25, 0.3) is 0 Å². The number of hydrogen-bond acceptors (Lipinski definition) is 4. The summed E-state index contributed by atoms with van der Waals surface area (Å²) in [6.07, 6.45) is 0.182. The summed E-state index contributed by atoms with van der Waals surface area (Å²) in [6.45, 7) is 5.88. The zero-order valence-electron chi connectivity index (χ0n) is 11.0. The monoisotopic (exact) mass is 314 g/mol. The molecule has 1 saturated heterocycles. The molecule has 0 aliphatic carbocycles. The summed E-state index contributed by atoms with van der Waals surface area (Å²) < 4.78 is 11.2. The maximum Gasteiger partial charge on any atom is 0.214 e. The fourth-order valence-electron chi connectivity index (χ4n) is 2.24. The highest BCUT2D eigenvalue weighted by atomic mass is 79.9. The number of nitrogens with zero attached hydrogens (tertiary/aromatic N) is 2. The maximum atomic E-state index is 5.98. The Balaban J connectivity index is 2.20. The smallest absolute Gasteiger partial charge is 0.214 e. The summed E-state index contributed by atoms with van der Waals surface area (Å²) >= 11 is 3.49. The minimum Gasteiger partial charge on any atom is -0.481 e. The van der Waals surface area contributed by atoms with Crippen molar-refractivity contribution in [3.05, 3.63) is 18.2 Å². The van der Waals surface area contributed by atoms with Crippen LogP contribution in [0.5, 0.6) is 5.88 Å². The molecule has 100 valence electrons. The Morgan fingerprint density at radius 3 is 3.00 bits per heavy atom. The molecule has 1 fully saturated rings. The lowest BCUT2D eigenvalue weighted by Gasteiger charge is -2.43. The largest absolute Gasteiger partial charge is 0.481 e. The summed E-state index contributed by atoms with van der Waals surface area (Å²) in [7, 11) is 1.64. The Morgan fingerprint density at radius 1 is 1.56 bits per heavy atom. The van der Waals surface area contributed by atoms with E-state index in [-0.39, 0.29) is 11.7 Å². The van der Waals surface area contributed by atoms with Gasteiger partial charge in [-0.05, 0) is 19.9 Å². The molecule has 5 heteroatoms. The minimum absolute atomic E-state index is 0.165. The summed E-state index contributed by atoms with van der Waals surface area (Å²) in [5, 5.41) is 0.830. The molecule has 1 atom stereocenters. The van der Waals surface area contributed by atoms with Gasteiger partial charge in [0.1, 0.15) is 5.82 Å². The van der Waals surface area contributed by atoms with E-state index in [4.69, 9.17) is 9.47 Å². The number of alkyl halides is 1. The third-order valence-corrected chi connectivity index (χ3v) is 3.62. The first-order valence-electron chi connectivity index (χ1n) is 6.04. The van der Waals surface area contributed by atoms with Crippen molar-refractivity contribution in [2.45, 2.75) is 25.6 Å². The topological polar surface area (TPSA) is 34.6 Å². The Morgan fingerprint density at radius 2 is 2.33 bits per heavy atom. The van der Waals surface area contributed by atoms with Crippen LogP contribution in [0.2, 0.25) is 0 Å². The third kappa shape index (κ3) is 3.14. The van der Waals surface area contributed by atoms with E-state index in [1.807, 2.05) is 18.2 Å². The molecule has 18 heavy (non-hydrogen) atoms. The molecular formula is C13H19BrN2O2. The van der Waals surface area contributed by atoms with Gasteiger partial charge in [0.15, 0.2) is 0 Å². The lowest BCUT2D eigenvalue weighted by Crippen LogP contribution is -2.53. The number of hydrogen-bond donors (Lipinski definition) is 0. The van der Waals surface area contributed by atoms with Crippen LogP contribution in [0.1, 0.15) is 13.8 Å². The normalized spacial score (nSPS) is 22.9. The van der Waals surface area contributed by atoms with Gasteiger partial charge in [-0.15, -0.1) is 0 Å². The third-order valence-electron chi connectivity index (χ3n) is 2.90. The zero-order valence-corrected chi connectivity index (χ0v) is 12.6. The van der Waals surface area contributed by atoms with Gasteiger partial charge in [0, 0.05) is 24.5 Å². The summed E-state index contributed by atoms with van der Waals surface area (Å²) in [6, 6.07) is 5.83. The SMILES string of the molecule is COc1cccc(N2CC(CBr)OC(C)(C)C2)n1. The second kappa shape index (κ2) is 5.45. The van der Waals surface area contributed by atoms with Crippen LogP contribution in [0, 0.1) is 0 Å². The van der Waals surface area contributed by atoms with Gasteiger partial charge < -0.3 is 14.4 Å². The van der Waals surface area contributed by atoms with Gasteiger partial charge >= 0.3 is 0 Å². The van der Waals surface area contributed by atoms with Gasteiger partial charge in [0.05, 0.1) is 18.8 Å². The van der Waals surface area contributed by atoms with Crippen LogP contribution in [0.4, 0.5) is 5.82 Å². The second-order valence-corrected chi connectivity index (χ2v) is 5.72. The molecule has 0 bridgehead atoms. The van der Waals surface area contributed by atoms with Gasteiger partial charge in [-0.2, -0.15) is 4.98 Å². The Kier molecular flexibility index (Phi) is 4.12. The molecular weight excluding hydrogens is 296 g/mol. The first-order valence-corrected chi connectivity index (χ1v) is 7.16. The van der Waals surface area contributed by atoms with Crippen LogP contribution in [-0.2, 0) is 4.74 Å². The van der Waals surface area contributed by atoms with Gasteiger partial charge in [-0.1, -0.05) is 22.0 Å². The van der Waals surface area contributed by atoms with Gasteiger partial charge in [0.2, 0.25) is 5.88 Å². The van der Waals surface area contributed by atoms with Crippen LogP contribution >= 0.6 is 15.9 Å². The number of aromatic nitrogens is 1. The summed E-state index contributed by atoms with van der Waals surface area (Å²) in [5.41, 5.74) is -0.165. The van der Waals surface area contributed by atoms with Crippen molar-refractivity contribution < 1.29 is 9.47 Å². The number of methoxy groups -OCH3 is 1. The fraction of sp³-hybridized carbons (Fsp3) is 0.615. The average Bonchev–Trinajstić information content (AvgIpc) is 2.37. The van der Waals surface area contributed by atoms with Crippen molar-refractivity contribution in [1.82, 2.24) is 4.98 Å². The highest BCUT2D eigenvalue weighted by molar-refractivity contribution is 9.09. The molecule has 0 spiro atoms.